The standard InChI is InChI=1S/C14H26N6O/c1-4-15-14(21)13-7-12(8-16-13)20-10-11(17-18-20)9-19(5-2)6-3/h10,12-13,16H,4-9H2,1-3H3,(H,15,21)/t12-,13+/m1/s1. The first-order chi connectivity index (χ1) is 10.2. The van der Waals surface area contributed by atoms with E-state index in [1.165, 1.54) is 0 Å². The molecule has 0 spiro atoms. The third kappa shape index (κ3) is 4.01. The SMILES string of the molecule is CCNC(=O)[C@@H]1C[C@@H](n2cc(CN(CC)CC)nn2)CN1. The minimum absolute atomic E-state index is 0.0727. The van der Waals surface area contributed by atoms with Crippen molar-refractivity contribution in [1.82, 2.24) is 30.5 Å². The molecule has 21 heavy (non-hydrogen) atoms. The molecule has 2 N–H and O–H groups in total. The van der Waals surface area contributed by atoms with Crippen LogP contribution in [0, 0.1) is 0 Å². The lowest BCUT2D eigenvalue weighted by Gasteiger charge is -2.15. The summed E-state index contributed by atoms with van der Waals surface area (Å²) < 4.78 is 1.89. The van der Waals surface area contributed by atoms with E-state index in [0.717, 1.165) is 38.3 Å². The van der Waals surface area contributed by atoms with Crippen LogP contribution < -0.4 is 10.6 Å². The van der Waals surface area contributed by atoms with E-state index in [1.807, 2.05) is 17.8 Å². The number of nitrogens with one attached hydrogen (secondary N) is 2. The Balaban J connectivity index is 1.92. The van der Waals surface area contributed by atoms with E-state index in [2.05, 4.69) is 39.7 Å². The van der Waals surface area contributed by atoms with Crippen molar-refractivity contribution in [2.24, 2.45) is 0 Å². The van der Waals surface area contributed by atoms with E-state index in [-0.39, 0.29) is 18.0 Å². The Hall–Kier alpha value is -1.47. The van der Waals surface area contributed by atoms with Crippen LogP contribution in [0.15, 0.2) is 6.20 Å². The fourth-order valence-electron chi connectivity index (χ4n) is 2.66. The van der Waals surface area contributed by atoms with Gasteiger partial charge in [-0.15, -0.1) is 5.10 Å². The zero-order chi connectivity index (χ0) is 15.2. The molecule has 1 aromatic rings. The Morgan fingerprint density at radius 2 is 2.24 bits per heavy atom. The van der Waals surface area contributed by atoms with E-state index in [9.17, 15) is 4.79 Å². The van der Waals surface area contributed by atoms with E-state index >= 15 is 0 Å². The lowest BCUT2D eigenvalue weighted by Crippen LogP contribution is -2.40. The van der Waals surface area contributed by atoms with Crippen LogP contribution in [0.25, 0.3) is 0 Å². The maximum absolute atomic E-state index is 11.8. The number of likely N-dealkylation sites (N-methyl/N-ethyl adjacent to an activating group) is 1. The van der Waals surface area contributed by atoms with Crippen LogP contribution in [-0.2, 0) is 11.3 Å². The number of rotatable bonds is 7. The number of aromatic nitrogens is 3. The molecule has 1 aliphatic heterocycles. The van der Waals surface area contributed by atoms with E-state index in [0.29, 0.717) is 6.54 Å². The molecule has 1 saturated heterocycles. The summed E-state index contributed by atoms with van der Waals surface area (Å²) in [4.78, 5) is 14.1. The fourth-order valence-corrected chi connectivity index (χ4v) is 2.66. The smallest absolute Gasteiger partial charge is 0.237 e. The summed E-state index contributed by atoms with van der Waals surface area (Å²) in [6.07, 6.45) is 2.77. The van der Waals surface area contributed by atoms with Gasteiger partial charge < -0.3 is 10.6 Å². The quantitative estimate of drug-likeness (QED) is 0.749. The van der Waals surface area contributed by atoms with Crippen molar-refractivity contribution in [2.45, 2.75) is 45.8 Å². The molecule has 1 fully saturated rings. The van der Waals surface area contributed by atoms with E-state index < -0.39 is 0 Å². The fraction of sp³-hybridized carbons (Fsp3) is 0.786. The van der Waals surface area contributed by atoms with Gasteiger partial charge in [0.15, 0.2) is 0 Å². The van der Waals surface area contributed by atoms with Gasteiger partial charge in [-0.3, -0.25) is 9.69 Å². The number of carbonyl (C=O) groups excluding carboxylic acids is 1. The summed E-state index contributed by atoms with van der Waals surface area (Å²) in [6.45, 7) is 10.5. The summed E-state index contributed by atoms with van der Waals surface area (Å²) in [5.74, 6) is 0.0727. The van der Waals surface area contributed by atoms with Gasteiger partial charge in [-0.25, -0.2) is 4.68 Å². The number of amides is 1. The van der Waals surface area contributed by atoms with Crippen LogP contribution >= 0.6 is 0 Å². The molecule has 0 radical (unpaired) electrons. The third-order valence-corrected chi connectivity index (χ3v) is 3.99. The zero-order valence-corrected chi connectivity index (χ0v) is 13.2. The maximum Gasteiger partial charge on any atom is 0.237 e. The molecule has 0 unspecified atom stereocenters. The number of hydrogen-bond acceptors (Lipinski definition) is 5. The van der Waals surface area contributed by atoms with Gasteiger partial charge in [0, 0.05) is 19.6 Å². The Kier molecular flexibility index (Phi) is 5.69. The number of nitrogens with zero attached hydrogens (tertiary/aromatic N) is 4. The Labute approximate surface area is 126 Å². The number of hydrogen-bond donors (Lipinski definition) is 2. The molecule has 2 heterocycles. The molecule has 0 aliphatic carbocycles. The topological polar surface area (TPSA) is 75.1 Å². The Morgan fingerprint density at radius 1 is 1.48 bits per heavy atom. The van der Waals surface area contributed by atoms with Gasteiger partial charge in [-0.05, 0) is 26.4 Å². The first-order valence-electron chi connectivity index (χ1n) is 7.82. The zero-order valence-electron chi connectivity index (χ0n) is 13.2. The van der Waals surface area contributed by atoms with Gasteiger partial charge >= 0.3 is 0 Å². The molecule has 0 aromatic carbocycles. The minimum Gasteiger partial charge on any atom is -0.355 e. The third-order valence-electron chi connectivity index (χ3n) is 3.99. The largest absolute Gasteiger partial charge is 0.355 e. The van der Waals surface area contributed by atoms with Gasteiger partial charge in [0.1, 0.15) is 0 Å². The van der Waals surface area contributed by atoms with Crippen LogP contribution in [-0.4, -0.2) is 58.0 Å². The van der Waals surface area contributed by atoms with Gasteiger partial charge in [0.2, 0.25) is 5.91 Å². The maximum atomic E-state index is 11.8. The Morgan fingerprint density at radius 3 is 2.90 bits per heavy atom. The van der Waals surface area contributed by atoms with Gasteiger partial charge in [0.25, 0.3) is 0 Å². The number of carbonyl (C=O) groups is 1. The van der Waals surface area contributed by atoms with Gasteiger partial charge in [0.05, 0.1) is 24.0 Å². The molecule has 1 aromatic heterocycles. The average Bonchev–Trinajstić information content (AvgIpc) is 3.13. The van der Waals surface area contributed by atoms with Crippen molar-refractivity contribution in [3.63, 3.8) is 0 Å². The molecule has 7 heteroatoms. The second-order valence-corrected chi connectivity index (χ2v) is 5.40. The van der Waals surface area contributed by atoms with Crippen molar-refractivity contribution in [3.05, 3.63) is 11.9 Å². The minimum atomic E-state index is -0.120. The second-order valence-electron chi connectivity index (χ2n) is 5.40. The van der Waals surface area contributed by atoms with Crippen LogP contribution in [0.5, 0.6) is 0 Å². The summed E-state index contributed by atoms with van der Waals surface area (Å²) in [5, 5.41) is 14.6. The first kappa shape index (κ1) is 15.9. The predicted octanol–water partition coefficient (Wildman–Crippen LogP) is 0.159. The molecule has 0 saturated carbocycles. The van der Waals surface area contributed by atoms with Crippen molar-refractivity contribution in [1.29, 1.82) is 0 Å². The van der Waals surface area contributed by atoms with E-state index in [4.69, 9.17) is 0 Å². The van der Waals surface area contributed by atoms with Crippen molar-refractivity contribution >= 4 is 5.91 Å². The molecule has 2 atom stereocenters. The van der Waals surface area contributed by atoms with Crippen LogP contribution in [0.1, 0.15) is 38.9 Å². The normalized spacial score (nSPS) is 21.9. The predicted molar refractivity (Wildman–Crippen MR) is 80.8 cm³/mol. The average molecular weight is 294 g/mol. The summed E-state index contributed by atoms with van der Waals surface area (Å²) >= 11 is 0. The molecular formula is C14H26N6O. The van der Waals surface area contributed by atoms with E-state index in [1.54, 1.807) is 0 Å². The molecule has 1 amide bonds. The summed E-state index contributed by atoms with van der Waals surface area (Å²) in [7, 11) is 0. The van der Waals surface area contributed by atoms with Crippen LogP contribution in [0.3, 0.4) is 0 Å². The molecule has 2 rings (SSSR count). The lowest BCUT2D eigenvalue weighted by atomic mass is 10.1. The highest BCUT2D eigenvalue weighted by Gasteiger charge is 2.30. The summed E-state index contributed by atoms with van der Waals surface area (Å²) in [6, 6.07) is 0.0842. The highest BCUT2D eigenvalue weighted by Crippen LogP contribution is 2.19. The highest BCUT2D eigenvalue weighted by atomic mass is 16.2. The van der Waals surface area contributed by atoms with Crippen LogP contribution in [0.4, 0.5) is 0 Å². The second kappa shape index (κ2) is 7.51. The van der Waals surface area contributed by atoms with Crippen molar-refractivity contribution < 1.29 is 4.79 Å². The molecule has 118 valence electrons. The molecule has 0 bridgehead atoms. The molecule has 7 nitrogen and oxygen atoms in total. The lowest BCUT2D eigenvalue weighted by molar-refractivity contribution is -0.122. The van der Waals surface area contributed by atoms with Crippen LogP contribution in [0.2, 0.25) is 0 Å². The Bertz CT molecular complexity index is 456. The summed E-state index contributed by atoms with van der Waals surface area (Å²) in [5.41, 5.74) is 0.986. The van der Waals surface area contributed by atoms with Crippen molar-refractivity contribution in [3.8, 4) is 0 Å². The van der Waals surface area contributed by atoms with Crippen molar-refractivity contribution in [2.75, 3.05) is 26.2 Å². The van der Waals surface area contributed by atoms with Gasteiger partial charge in [-0.1, -0.05) is 19.1 Å². The van der Waals surface area contributed by atoms with Gasteiger partial charge in [-0.2, -0.15) is 0 Å². The highest BCUT2D eigenvalue weighted by molar-refractivity contribution is 5.82. The molecular weight excluding hydrogens is 268 g/mol. The monoisotopic (exact) mass is 294 g/mol. The molecule has 1 aliphatic rings. The first-order valence-corrected chi connectivity index (χ1v) is 7.82.